The molecule has 0 aliphatic carbocycles. The lowest BCUT2D eigenvalue weighted by Crippen LogP contribution is -2.30. The molecule has 0 aromatic carbocycles. The molecule has 6 nitrogen and oxygen atoms in total. The van der Waals surface area contributed by atoms with Gasteiger partial charge in [0, 0.05) is 24.0 Å². The number of rotatable bonds is 5. The molecule has 0 radical (unpaired) electrons. The summed E-state index contributed by atoms with van der Waals surface area (Å²) in [6.45, 7) is 4.70. The highest BCUT2D eigenvalue weighted by molar-refractivity contribution is 5.91. The molecule has 1 unspecified atom stereocenters. The Morgan fingerprint density at radius 1 is 1.42 bits per heavy atom. The number of hydrogen-bond donors (Lipinski definition) is 1. The number of aryl methyl sites for hydroxylation is 1. The Morgan fingerprint density at radius 3 is 2.92 bits per heavy atom. The predicted octanol–water partition coefficient (Wildman–Crippen LogP) is 1.98. The summed E-state index contributed by atoms with van der Waals surface area (Å²) in [6.07, 6.45) is 2.97. The van der Waals surface area contributed by atoms with E-state index in [9.17, 15) is 9.59 Å². The van der Waals surface area contributed by atoms with Crippen LogP contribution in [0.15, 0.2) is 30.5 Å². The van der Waals surface area contributed by atoms with E-state index in [2.05, 4.69) is 14.9 Å². The Labute approximate surface area is 140 Å². The van der Waals surface area contributed by atoms with Crippen LogP contribution in [0.1, 0.15) is 40.3 Å². The summed E-state index contributed by atoms with van der Waals surface area (Å²) < 4.78 is 7.43. The van der Waals surface area contributed by atoms with Crippen LogP contribution in [-0.2, 0) is 16.1 Å². The fraction of sp³-hybridized carbons (Fsp3) is 0.389. The quantitative estimate of drug-likeness (QED) is 0.852. The van der Waals surface area contributed by atoms with Crippen molar-refractivity contribution in [2.75, 3.05) is 6.61 Å². The first-order valence-electron chi connectivity index (χ1n) is 8.07. The van der Waals surface area contributed by atoms with Crippen LogP contribution >= 0.6 is 0 Å². The van der Waals surface area contributed by atoms with Gasteiger partial charge in [0.25, 0.3) is 0 Å². The van der Waals surface area contributed by atoms with E-state index in [4.69, 9.17) is 4.74 Å². The van der Waals surface area contributed by atoms with Crippen molar-refractivity contribution in [1.82, 2.24) is 14.9 Å². The van der Waals surface area contributed by atoms with E-state index in [0.717, 1.165) is 17.1 Å². The topological polar surface area (TPSA) is 73.2 Å². The molecule has 1 fully saturated rings. The van der Waals surface area contributed by atoms with Crippen LogP contribution < -0.4 is 5.32 Å². The van der Waals surface area contributed by atoms with Crippen LogP contribution in [0, 0.1) is 13.8 Å². The highest BCUT2D eigenvalue weighted by Gasteiger charge is 2.23. The third kappa shape index (κ3) is 3.48. The SMILES string of the molecule is Cc1cc(C(=O)OCC2CCC(=O)N2)c(C)n1Cc1ccccn1. The zero-order valence-electron chi connectivity index (χ0n) is 13.9. The molecule has 1 aliphatic rings. The van der Waals surface area contributed by atoms with Crippen LogP contribution in [0.4, 0.5) is 0 Å². The summed E-state index contributed by atoms with van der Waals surface area (Å²) in [5.74, 6) is -0.332. The zero-order valence-corrected chi connectivity index (χ0v) is 13.9. The van der Waals surface area contributed by atoms with E-state index in [1.807, 2.05) is 38.1 Å². The lowest BCUT2D eigenvalue weighted by molar-refractivity contribution is -0.119. The Kier molecular flexibility index (Phi) is 4.64. The lowest BCUT2D eigenvalue weighted by Gasteiger charge is -2.11. The van der Waals surface area contributed by atoms with Crippen LogP contribution in [0.25, 0.3) is 0 Å². The van der Waals surface area contributed by atoms with Gasteiger partial charge >= 0.3 is 5.97 Å². The zero-order chi connectivity index (χ0) is 17.1. The van der Waals surface area contributed by atoms with E-state index < -0.39 is 0 Å². The molecule has 1 aliphatic heterocycles. The van der Waals surface area contributed by atoms with Crippen molar-refractivity contribution in [3.63, 3.8) is 0 Å². The molecule has 0 saturated carbocycles. The van der Waals surface area contributed by atoms with Crippen LogP contribution in [-0.4, -0.2) is 34.1 Å². The third-order valence-electron chi connectivity index (χ3n) is 4.34. The van der Waals surface area contributed by atoms with E-state index in [0.29, 0.717) is 24.9 Å². The van der Waals surface area contributed by atoms with Crippen molar-refractivity contribution in [1.29, 1.82) is 0 Å². The maximum atomic E-state index is 12.4. The summed E-state index contributed by atoms with van der Waals surface area (Å²) in [7, 11) is 0. The van der Waals surface area contributed by atoms with E-state index in [1.54, 1.807) is 6.20 Å². The van der Waals surface area contributed by atoms with E-state index >= 15 is 0 Å². The van der Waals surface area contributed by atoms with Crippen LogP contribution in [0.3, 0.4) is 0 Å². The molecule has 2 aromatic rings. The van der Waals surface area contributed by atoms with Gasteiger partial charge in [-0.1, -0.05) is 6.07 Å². The summed E-state index contributed by atoms with van der Waals surface area (Å²) in [4.78, 5) is 27.9. The van der Waals surface area contributed by atoms with Gasteiger partial charge in [-0.15, -0.1) is 0 Å². The third-order valence-corrected chi connectivity index (χ3v) is 4.34. The fourth-order valence-electron chi connectivity index (χ4n) is 2.96. The normalized spacial score (nSPS) is 16.9. The van der Waals surface area contributed by atoms with Crippen LogP contribution in [0.2, 0.25) is 0 Å². The molecule has 3 heterocycles. The van der Waals surface area contributed by atoms with Crippen molar-refractivity contribution in [2.24, 2.45) is 0 Å². The highest BCUT2D eigenvalue weighted by Crippen LogP contribution is 2.18. The van der Waals surface area contributed by atoms with Gasteiger partial charge in [-0.3, -0.25) is 9.78 Å². The molecule has 2 aromatic heterocycles. The Balaban J connectivity index is 1.68. The first kappa shape index (κ1) is 16.2. The number of nitrogens with zero attached hydrogens (tertiary/aromatic N) is 2. The second-order valence-electron chi connectivity index (χ2n) is 6.09. The number of carbonyl (C=O) groups is 2. The maximum absolute atomic E-state index is 12.4. The number of carbonyl (C=O) groups excluding carboxylic acids is 2. The molecule has 0 bridgehead atoms. The van der Waals surface area contributed by atoms with Gasteiger partial charge in [-0.2, -0.15) is 0 Å². The van der Waals surface area contributed by atoms with E-state index in [-0.39, 0.29) is 24.5 Å². The second kappa shape index (κ2) is 6.86. The average molecular weight is 327 g/mol. The summed E-state index contributed by atoms with van der Waals surface area (Å²) in [5, 5.41) is 2.79. The number of pyridine rings is 1. The number of hydrogen-bond acceptors (Lipinski definition) is 4. The fourth-order valence-corrected chi connectivity index (χ4v) is 2.96. The van der Waals surface area contributed by atoms with Gasteiger partial charge in [-0.25, -0.2) is 4.79 Å². The average Bonchev–Trinajstić information content (AvgIpc) is 3.12. The van der Waals surface area contributed by atoms with Gasteiger partial charge in [0.1, 0.15) is 6.61 Å². The van der Waals surface area contributed by atoms with Gasteiger partial charge in [-0.05, 0) is 38.5 Å². The number of amides is 1. The molecular formula is C18H21N3O3. The number of nitrogens with one attached hydrogen (secondary N) is 1. The molecule has 126 valence electrons. The Morgan fingerprint density at radius 2 is 2.25 bits per heavy atom. The molecule has 1 saturated heterocycles. The molecule has 1 amide bonds. The summed E-state index contributed by atoms with van der Waals surface area (Å²) in [6, 6.07) is 7.55. The minimum Gasteiger partial charge on any atom is -0.460 e. The second-order valence-corrected chi connectivity index (χ2v) is 6.09. The Hall–Kier alpha value is -2.63. The van der Waals surface area contributed by atoms with E-state index in [1.165, 1.54) is 0 Å². The first-order chi connectivity index (χ1) is 11.5. The summed E-state index contributed by atoms with van der Waals surface area (Å²) >= 11 is 0. The molecule has 1 atom stereocenters. The predicted molar refractivity (Wildman–Crippen MR) is 88.7 cm³/mol. The standard InChI is InChI=1S/C18H21N3O3/c1-12-9-16(18(23)24-11-15-6-7-17(22)20-15)13(2)21(12)10-14-5-3-4-8-19-14/h3-5,8-9,15H,6-7,10-11H2,1-2H3,(H,20,22). The molecule has 1 N–H and O–H groups in total. The minimum absolute atomic E-state index is 0.0181. The number of esters is 1. The summed E-state index contributed by atoms with van der Waals surface area (Å²) in [5.41, 5.74) is 3.35. The van der Waals surface area contributed by atoms with Gasteiger partial charge < -0.3 is 14.6 Å². The van der Waals surface area contributed by atoms with Gasteiger partial charge in [0.2, 0.25) is 5.91 Å². The van der Waals surface area contributed by atoms with Crippen molar-refractivity contribution in [2.45, 2.75) is 39.3 Å². The van der Waals surface area contributed by atoms with Crippen LogP contribution in [0.5, 0.6) is 0 Å². The Bertz CT molecular complexity index is 752. The van der Waals surface area contributed by atoms with Gasteiger partial charge in [0.15, 0.2) is 0 Å². The first-order valence-corrected chi connectivity index (χ1v) is 8.07. The maximum Gasteiger partial charge on any atom is 0.340 e. The molecule has 3 rings (SSSR count). The number of aromatic nitrogens is 2. The van der Waals surface area contributed by atoms with Gasteiger partial charge in [0.05, 0.1) is 23.8 Å². The lowest BCUT2D eigenvalue weighted by atomic mass is 10.2. The molecule has 6 heteroatoms. The molecule has 0 spiro atoms. The van der Waals surface area contributed by atoms with Crippen molar-refractivity contribution in [3.05, 3.63) is 53.1 Å². The van der Waals surface area contributed by atoms with Crippen molar-refractivity contribution in [3.8, 4) is 0 Å². The largest absolute Gasteiger partial charge is 0.460 e. The van der Waals surface area contributed by atoms with Crippen molar-refractivity contribution >= 4 is 11.9 Å². The molecular weight excluding hydrogens is 306 g/mol. The highest BCUT2D eigenvalue weighted by atomic mass is 16.5. The van der Waals surface area contributed by atoms with Crippen molar-refractivity contribution < 1.29 is 14.3 Å². The smallest absolute Gasteiger partial charge is 0.340 e. The molecule has 24 heavy (non-hydrogen) atoms. The number of ether oxygens (including phenoxy) is 1. The minimum atomic E-state index is -0.350. The monoisotopic (exact) mass is 327 g/mol.